The normalized spacial score (nSPS) is 27.8. The number of sulfonamides is 1. The highest BCUT2D eigenvalue weighted by Crippen LogP contribution is 2.35. The van der Waals surface area contributed by atoms with Crippen LogP contribution < -0.4 is 0 Å². The number of benzene rings is 1. The van der Waals surface area contributed by atoms with Crippen LogP contribution in [0.25, 0.3) is 0 Å². The third-order valence-electron chi connectivity index (χ3n) is 4.07. The van der Waals surface area contributed by atoms with Gasteiger partial charge in [-0.25, -0.2) is 17.2 Å². The van der Waals surface area contributed by atoms with Crippen LogP contribution in [-0.4, -0.2) is 25.3 Å². The topological polar surface area (TPSA) is 37.4 Å². The summed E-state index contributed by atoms with van der Waals surface area (Å²) in [5.74, 6) is -1.49. The number of nitrogens with zero attached hydrogens (tertiary/aromatic N) is 1. The van der Waals surface area contributed by atoms with Crippen molar-refractivity contribution in [2.45, 2.75) is 38.1 Å². The van der Waals surface area contributed by atoms with E-state index in [0.29, 0.717) is 12.6 Å². The van der Waals surface area contributed by atoms with Gasteiger partial charge < -0.3 is 0 Å². The van der Waals surface area contributed by atoms with E-state index in [1.54, 1.807) is 0 Å². The number of halogens is 3. The second-order valence-electron chi connectivity index (χ2n) is 5.83. The fourth-order valence-electron chi connectivity index (χ4n) is 2.87. The minimum Gasteiger partial charge on any atom is -0.207 e. The van der Waals surface area contributed by atoms with Crippen molar-refractivity contribution < 1.29 is 17.2 Å². The quantitative estimate of drug-likeness (QED) is 0.781. The summed E-state index contributed by atoms with van der Waals surface area (Å²) in [6.45, 7) is 6.13. The summed E-state index contributed by atoms with van der Waals surface area (Å²) in [7, 11) is -4.01. The summed E-state index contributed by atoms with van der Waals surface area (Å²) in [5.41, 5.74) is 0. The van der Waals surface area contributed by atoms with Gasteiger partial charge in [0.1, 0.15) is 16.5 Å². The van der Waals surface area contributed by atoms with E-state index in [1.165, 1.54) is 4.31 Å². The second-order valence-corrected chi connectivity index (χ2v) is 8.51. The van der Waals surface area contributed by atoms with Gasteiger partial charge in [-0.05, 0) is 47.2 Å². The molecule has 3 nitrogen and oxygen atoms in total. The van der Waals surface area contributed by atoms with Crippen LogP contribution in [0.15, 0.2) is 21.5 Å². The molecule has 0 spiro atoms. The Morgan fingerprint density at radius 3 is 2.43 bits per heavy atom. The molecule has 7 heteroatoms. The average molecular weight is 382 g/mol. The van der Waals surface area contributed by atoms with Crippen LogP contribution in [0.2, 0.25) is 0 Å². The van der Waals surface area contributed by atoms with Crippen molar-refractivity contribution in [3.63, 3.8) is 0 Å². The predicted octanol–water partition coefficient (Wildman–Crippen LogP) is 3.78. The summed E-state index contributed by atoms with van der Waals surface area (Å²) in [5, 5.41) is 0. The molecule has 0 N–H and O–H groups in total. The average Bonchev–Trinajstić information content (AvgIpc) is 2.31. The van der Waals surface area contributed by atoms with Crippen LogP contribution in [0.4, 0.5) is 8.78 Å². The first-order valence-corrected chi connectivity index (χ1v) is 9.04. The molecule has 0 bridgehead atoms. The molecule has 0 saturated carbocycles. The molecule has 1 heterocycles. The molecule has 2 rings (SSSR count). The Bertz CT molecular complexity index is 627. The lowest BCUT2D eigenvalue weighted by molar-refractivity contribution is 0.157. The summed E-state index contributed by atoms with van der Waals surface area (Å²) in [6, 6.07) is 1.35. The number of piperidine rings is 1. The van der Waals surface area contributed by atoms with Crippen molar-refractivity contribution in [2.24, 2.45) is 11.8 Å². The van der Waals surface area contributed by atoms with E-state index in [-0.39, 0.29) is 22.4 Å². The molecule has 3 unspecified atom stereocenters. The third-order valence-corrected chi connectivity index (χ3v) is 6.99. The smallest absolute Gasteiger partial charge is 0.207 e. The summed E-state index contributed by atoms with van der Waals surface area (Å²) < 4.78 is 54.0. The zero-order valence-corrected chi connectivity index (χ0v) is 14.5. The molecule has 0 aliphatic carbocycles. The zero-order valence-electron chi connectivity index (χ0n) is 12.1. The van der Waals surface area contributed by atoms with E-state index in [0.717, 1.165) is 12.5 Å². The molecule has 1 saturated heterocycles. The molecule has 0 amide bonds. The van der Waals surface area contributed by atoms with E-state index >= 15 is 0 Å². The predicted molar refractivity (Wildman–Crippen MR) is 80.4 cm³/mol. The molecule has 1 fully saturated rings. The summed E-state index contributed by atoms with van der Waals surface area (Å²) >= 11 is 2.96. The van der Waals surface area contributed by atoms with Crippen LogP contribution in [0.1, 0.15) is 27.2 Å². The van der Waals surface area contributed by atoms with E-state index in [9.17, 15) is 17.2 Å². The first-order chi connectivity index (χ1) is 9.64. The van der Waals surface area contributed by atoms with Gasteiger partial charge in [-0.15, -0.1) is 0 Å². The molecule has 3 atom stereocenters. The molecule has 118 valence electrons. The van der Waals surface area contributed by atoms with Gasteiger partial charge in [-0.2, -0.15) is 4.31 Å². The van der Waals surface area contributed by atoms with Gasteiger partial charge in [0.2, 0.25) is 10.0 Å². The Balaban J connectivity index is 2.52. The highest BCUT2D eigenvalue weighted by atomic mass is 79.9. The lowest BCUT2D eigenvalue weighted by atomic mass is 9.88. The maximum Gasteiger partial charge on any atom is 0.247 e. The van der Waals surface area contributed by atoms with Gasteiger partial charge >= 0.3 is 0 Å². The lowest BCUT2D eigenvalue weighted by Gasteiger charge is -2.40. The van der Waals surface area contributed by atoms with Crippen molar-refractivity contribution >= 4 is 26.0 Å². The Kier molecular flexibility index (Phi) is 4.75. The van der Waals surface area contributed by atoms with Gasteiger partial charge in [0.05, 0.1) is 0 Å². The van der Waals surface area contributed by atoms with Crippen molar-refractivity contribution in [2.75, 3.05) is 6.54 Å². The second kappa shape index (κ2) is 5.93. The van der Waals surface area contributed by atoms with Crippen LogP contribution in [0.3, 0.4) is 0 Å². The van der Waals surface area contributed by atoms with Crippen molar-refractivity contribution in [3.8, 4) is 0 Å². The van der Waals surface area contributed by atoms with Crippen molar-refractivity contribution in [1.29, 1.82) is 0 Å². The summed E-state index contributed by atoms with van der Waals surface area (Å²) in [6.07, 6.45) is 0.931. The molecule has 1 aromatic rings. The SMILES string of the molecule is CC1CC(C)C(C)N(S(=O)(=O)c2c(F)cc(F)cc2Br)C1. The van der Waals surface area contributed by atoms with Crippen LogP contribution in [-0.2, 0) is 10.0 Å². The highest BCUT2D eigenvalue weighted by Gasteiger charge is 2.39. The molecule has 0 radical (unpaired) electrons. The maximum absolute atomic E-state index is 14.0. The molecule has 0 aromatic heterocycles. The van der Waals surface area contributed by atoms with E-state index in [4.69, 9.17) is 0 Å². The Hall–Kier alpha value is -0.530. The molecule has 1 aliphatic heterocycles. The first kappa shape index (κ1) is 16.8. The van der Waals surface area contributed by atoms with Crippen LogP contribution in [0, 0.1) is 23.5 Å². The van der Waals surface area contributed by atoms with Crippen LogP contribution >= 0.6 is 15.9 Å². The van der Waals surface area contributed by atoms with Crippen LogP contribution in [0.5, 0.6) is 0 Å². The first-order valence-electron chi connectivity index (χ1n) is 6.81. The van der Waals surface area contributed by atoms with Gasteiger partial charge in [0.15, 0.2) is 0 Å². The van der Waals surface area contributed by atoms with Crippen molar-refractivity contribution in [3.05, 3.63) is 28.2 Å². The number of hydrogen-bond donors (Lipinski definition) is 0. The van der Waals surface area contributed by atoms with E-state index < -0.39 is 26.6 Å². The van der Waals surface area contributed by atoms with Crippen molar-refractivity contribution in [1.82, 2.24) is 4.31 Å². The fraction of sp³-hybridized carbons (Fsp3) is 0.571. The monoisotopic (exact) mass is 381 g/mol. The summed E-state index contributed by atoms with van der Waals surface area (Å²) in [4.78, 5) is -0.489. The Morgan fingerprint density at radius 2 is 1.86 bits per heavy atom. The standard InChI is InChI=1S/C14H18BrF2NO2S/c1-8-4-9(2)10(3)18(7-8)21(19,20)14-12(15)5-11(16)6-13(14)17/h5-6,8-10H,4,7H2,1-3H3. The lowest BCUT2D eigenvalue weighted by Crippen LogP contribution is -2.48. The number of rotatable bonds is 2. The third kappa shape index (κ3) is 3.14. The van der Waals surface area contributed by atoms with Gasteiger partial charge in [-0.3, -0.25) is 0 Å². The Labute approximate surface area is 132 Å². The minimum atomic E-state index is -4.01. The Morgan fingerprint density at radius 1 is 1.24 bits per heavy atom. The molecule has 1 aliphatic rings. The van der Waals surface area contributed by atoms with E-state index in [1.807, 2.05) is 20.8 Å². The zero-order chi connectivity index (χ0) is 15.9. The molecular formula is C14H18BrF2NO2S. The van der Waals surface area contributed by atoms with Gasteiger partial charge in [0.25, 0.3) is 0 Å². The largest absolute Gasteiger partial charge is 0.247 e. The molecular weight excluding hydrogens is 364 g/mol. The molecule has 1 aromatic carbocycles. The highest BCUT2D eigenvalue weighted by molar-refractivity contribution is 9.10. The minimum absolute atomic E-state index is 0.0851. The van der Waals surface area contributed by atoms with E-state index in [2.05, 4.69) is 15.9 Å². The molecule has 21 heavy (non-hydrogen) atoms. The maximum atomic E-state index is 14.0. The van der Waals surface area contributed by atoms with Gasteiger partial charge in [0, 0.05) is 23.1 Å². The fourth-order valence-corrected chi connectivity index (χ4v) is 5.84. The van der Waals surface area contributed by atoms with Gasteiger partial charge in [-0.1, -0.05) is 13.8 Å². The number of hydrogen-bond acceptors (Lipinski definition) is 2.